The summed E-state index contributed by atoms with van der Waals surface area (Å²) in [4.78, 5) is 27.6. The number of carbonyl (C=O) groups excluding carboxylic acids is 2. The molecule has 0 radical (unpaired) electrons. The zero-order valence-electron chi connectivity index (χ0n) is 19.0. The average Bonchev–Trinajstić information content (AvgIpc) is 2.75. The zero-order chi connectivity index (χ0) is 22.9. The Morgan fingerprint density at radius 2 is 1.75 bits per heavy atom. The van der Waals surface area contributed by atoms with Crippen molar-refractivity contribution in [3.8, 4) is 5.75 Å². The fourth-order valence-corrected chi connectivity index (χ4v) is 4.15. The largest absolute Gasteiger partial charge is 0.487 e. The van der Waals surface area contributed by atoms with Crippen molar-refractivity contribution in [2.24, 2.45) is 0 Å². The number of amides is 1. The van der Waals surface area contributed by atoms with Crippen LogP contribution >= 0.6 is 0 Å². The molecule has 5 nitrogen and oxygen atoms in total. The van der Waals surface area contributed by atoms with E-state index >= 15 is 0 Å². The van der Waals surface area contributed by atoms with Gasteiger partial charge in [0.1, 0.15) is 17.5 Å². The van der Waals surface area contributed by atoms with E-state index in [4.69, 9.17) is 9.47 Å². The first-order valence-corrected chi connectivity index (χ1v) is 11.0. The van der Waals surface area contributed by atoms with Gasteiger partial charge in [0.05, 0.1) is 18.2 Å². The van der Waals surface area contributed by atoms with Gasteiger partial charge in [0, 0.05) is 6.42 Å². The second-order valence-corrected chi connectivity index (χ2v) is 9.24. The molecule has 3 aromatic rings. The van der Waals surface area contributed by atoms with Crippen molar-refractivity contribution in [2.45, 2.75) is 51.9 Å². The van der Waals surface area contributed by atoms with Crippen molar-refractivity contribution < 1.29 is 19.1 Å². The van der Waals surface area contributed by atoms with Gasteiger partial charge in [-0.3, -0.25) is 9.69 Å². The minimum absolute atomic E-state index is 0.0267. The van der Waals surface area contributed by atoms with E-state index in [0.717, 1.165) is 16.3 Å². The Labute approximate surface area is 188 Å². The van der Waals surface area contributed by atoms with Gasteiger partial charge in [-0.25, -0.2) is 4.79 Å². The number of Topliss-reactive ketones (excluding diaryl/α,β-unsaturated/α-hetero) is 1. The van der Waals surface area contributed by atoms with E-state index in [1.165, 1.54) is 0 Å². The highest BCUT2D eigenvalue weighted by molar-refractivity contribution is 5.99. The Bertz CT molecular complexity index is 1140. The first-order chi connectivity index (χ1) is 15.2. The summed E-state index contributed by atoms with van der Waals surface area (Å²) in [5.74, 6) is 0.592. The van der Waals surface area contributed by atoms with Crippen LogP contribution in [0.15, 0.2) is 66.7 Å². The lowest BCUT2D eigenvalue weighted by molar-refractivity contribution is 0.00643. The van der Waals surface area contributed by atoms with Crippen LogP contribution in [0.4, 0.5) is 4.79 Å². The fourth-order valence-electron chi connectivity index (χ4n) is 4.15. The molecule has 1 aliphatic rings. The van der Waals surface area contributed by atoms with E-state index < -0.39 is 17.8 Å². The van der Waals surface area contributed by atoms with E-state index in [9.17, 15) is 9.59 Å². The predicted octanol–water partition coefficient (Wildman–Crippen LogP) is 6.17. The molecule has 0 aliphatic carbocycles. The van der Waals surface area contributed by atoms with Gasteiger partial charge < -0.3 is 9.47 Å². The molecule has 2 atom stereocenters. The maximum absolute atomic E-state index is 13.3. The van der Waals surface area contributed by atoms with Crippen LogP contribution in [0.1, 0.15) is 56.1 Å². The summed E-state index contributed by atoms with van der Waals surface area (Å²) < 4.78 is 11.9. The molecule has 3 aromatic carbocycles. The van der Waals surface area contributed by atoms with Gasteiger partial charge in [0.25, 0.3) is 0 Å². The van der Waals surface area contributed by atoms with Crippen LogP contribution in [0.3, 0.4) is 0 Å². The lowest BCUT2D eigenvalue weighted by Crippen LogP contribution is -2.45. The van der Waals surface area contributed by atoms with Crippen molar-refractivity contribution in [2.75, 3.05) is 6.54 Å². The quantitative estimate of drug-likeness (QED) is 0.496. The highest BCUT2D eigenvalue weighted by Crippen LogP contribution is 2.32. The summed E-state index contributed by atoms with van der Waals surface area (Å²) in [5.41, 5.74) is 0.982. The number of hydrogen-bond donors (Lipinski definition) is 0. The summed E-state index contributed by atoms with van der Waals surface area (Å²) in [6, 6.07) is 21.2. The number of fused-ring (bicyclic) bond motifs is 2. The van der Waals surface area contributed by atoms with E-state index in [2.05, 4.69) is 18.2 Å². The van der Waals surface area contributed by atoms with Crippen LogP contribution in [0, 0.1) is 0 Å². The average molecular weight is 432 g/mol. The minimum atomic E-state index is -0.635. The molecule has 0 N–H and O–H groups in total. The van der Waals surface area contributed by atoms with Crippen LogP contribution in [0.2, 0.25) is 0 Å². The third-order valence-corrected chi connectivity index (χ3v) is 5.66. The number of benzene rings is 3. The number of rotatable bonds is 4. The van der Waals surface area contributed by atoms with Gasteiger partial charge in [-0.05, 0) is 56.2 Å². The van der Waals surface area contributed by atoms with Crippen molar-refractivity contribution in [3.63, 3.8) is 0 Å². The molecular formula is C27H29NO4. The van der Waals surface area contributed by atoms with Gasteiger partial charge in [-0.1, -0.05) is 54.6 Å². The first kappa shape index (κ1) is 21.9. The molecule has 0 saturated carbocycles. The molecule has 1 heterocycles. The van der Waals surface area contributed by atoms with E-state index in [1.807, 2.05) is 64.1 Å². The number of carbonyl (C=O) groups is 2. The summed E-state index contributed by atoms with van der Waals surface area (Å²) in [7, 11) is 0. The van der Waals surface area contributed by atoms with Gasteiger partial charge in [-0.15, -0.1) is 0 Å². The van der Waals surface area contributed by atoms with Crippen LogP contribution < -0.4 is 4.74 Å². The molecule has 5 heteroatoms. The molecule has 0 unspecified atom stereocenters. The molecule has 1 amide bonds. The van der Waals surface area contributed by atoms with Gasteiger partial charge in [0.2, 0.25) is 0 Å². The Kier molecular flexibility index (Phi) is 5.92. The molecule has 0 fully saturated rings. The van der Waals surface area contributed by atoms with Gasteiger partial charge >= 0.3 is 6.09 Å². The molecule has 1 aliphatic heterocycles. The molecule has 0 aromatic heterocycles. The van der Waals surface area contributed by atoms with Crippen LogP contribution in [-0.2, 0) is 4.74 Å². The van der Waals surface area contributed by atoms with E-state index in [0.29, 0.717) is 11.3 Å². The van der Waals surface area contributed by atoms with Crippen molar-refractivity contribution in [3.05, 3.63) is 77.9 Å². The Morgan fingerprint density at radius 3 is 2.53 bits per heavy atom. The molecule has 0 saturated heterocycles. The molecule has 166 valence electrons. The Morgan fingerprint density at radius 1 is 1.06 bits per heavy atom. The third-order valence-electron chi connectivity index (χ3n) is 5.66. The topological polar surface area (TPSA) is 55.8 Å². The molecule has 0 spiro atoms. The smallest absolute Gasteiger partial charge is 0.410 e. The third kappa shape index (κ3) is 4.62. The number of ketones is 1. The second-order valence-electron chi connectivity index (χ2n) is 9.24. The molecule has 32 heavy (non-hydrogen) atoms. The maximum Gasteiger partial charge on any atom is 0.410 e. The van der Waals surface area contributed by atoms with Crippen LogP contribution in [-0.4, -0.2) is 35.0 Å². The molecule has 4 rings (SSSR count). The van der Waals surface area contributed by atoms with Crippen LogP contribution in [0.5, 0.6) is 5.75 Å². The van der Waals surface area contributed by atoms with E-state index in [-0.39, 0.29) is 24.8 Å². The number of hydrogen-bond acceptors (Lipinski definition) is 4. The lowest BCUT2D eigenvalue weighted by Gasteiger charge is -2.36. The number of ether oxygens (including phenoxy) is 2. The molecular weight excluding hydrogens is 402 g/mol. The standard InChI is InChI=1S/C27H29NO4/c1-18(21-14-9-11-19-10-5-6-12-22(19)21)28(26(30)32-27(2,3)4)17-20-16-24(29)23-13-7-8-15-25(23)31-20/h5-15,18,20H,16-17H2,1-4H3/t18-,20-/m1/s1. The number of para-hydroxylation sites is 1. The highest BCUT2D eigenvalue weighted by atomic mass is 16.6. The summed E-state index contributed by atoms with van der Waals surface area (Å²) in [5, 5.41) is 2.20. The summed E-state index contributed by atoms with van der Waals surface area (Å²) >= 11 is 0. The SMILES string of the molecule is C[C@H](c1cccc2ccccc12)N(C[C@H]1CC(=O)c2ccccc2O1)C(=O)OC(C)(C)C. The van der Waals surface area contributed by atoms with Crippen molar-refractivity contribution in [1.82, 2.24) is 4.90 Å². The monoisotopic (exact) mass is 431 g/mol. The second kappa shape index (κ2) is 8.65. The van der Waals surface area contributed by atoms with E-state index in [1.54, 1.807) is 17.0 Å². The minimum Gasteiger partial charge on any atom is -0.487 e. The molecule has 0 bridgehead atoms. The predicted molar refractivity (Wildman–Crippen MR) is 125 cm³/mol. The Hall–Kier alpha value is -3.34. The zero-order valence-corrected chi connectivity index (χ0v) is 19.0. The fraction of sp³-hybridized carbons (Fsp3) is 0.333. The maximum atomic E-state index is 13.3. The highest BCUT2D eigenvalue weighted by Gasteiger charge is 2.34. The number of nitrogens with zero attached hydrogens (tertiary/aromatic N) is 1. The first-order valence-electron chi connectivity index (χ1n) is 11.0. The van der Waals surface area contributed by atoms with Crippen molar-refractivity contribution in [1.29, 1.82) is 0 Å². The Balaban J connectivity index is 1.66. The normalized spacial score (nSPS) is 16.8. The van der Waals surface area contributed by atoms with Gasteiger partial charge in [0.15, 0.2) is 5.78 Å². The van der Waals surface area contributed by atoms with Crippen molar-refractivity contribution >= 4 is 22.6 Å². The van der Waals surface area contributed by atoms with Crippen LogP contribution in [0.25, 0.3) is 10.8 Å². The lowest BCUT2D eigenvalue weighted by atomic mass is 9.97. The summed E-state index contributed by atoms with van der Waals surface area (Å²) in [6.07, 6.45) is -0.645. The van der Waals surface area contributed by atoms with Gasteiger partial charge in [-0.2, -0.15) is 0 Å². The summed E-state index contributed by atoms with van der Waals surface area (Å²) in [6.45, 7) is 7.79.